The van der Waals surface area contributed by atoms with Crippen molar-refractivity contribution in [3.63, 3.8) is 0 Å². The number of nitrogens with one attached hydrogen (secondary N) is 1. The maximum Gasteiger partial charge on any atom is 0.343 e. The van der Waals surface area contributed by atoms with Crippen molar-refractivity contribution in [2.75, 3.05) is 19.0 Å². The molecule has 2 rings (SSSR count). The average molecular weight is 369 g/mol. The quantitative estimate of drug-likeness (QED) is 0.583. The zero-order valence-electron chi connectivity index (χ0n) is 16.9. The Hall–Kier alpha value is -2.82. The Morgan fingerprint density at radius 2 is 1.70 bits per heavy atom. The molecule has 0 fully saturated rings. The molecule has 0 spiro atoms. The van der Waals surface area contributed by atoms with Gasteiger partial charge >= 0.3 is 5.97 Å². The molecular weight excluding hydrogens is 342 g/mol. The van der Waals surface area contributed by atoms with Gasteiger partial charge in [0.2, 0.25) is 0 Å². The van der Waals surface area contributed by atoms with Gasteiger partial charge in [-0.25, -0.2) is 4.79 Å². The number of hydrogen-bond donors (Lipinski definition) is 1. The lowest BCUT2D eigenvalue weighted by Crippen LogP contribution is -2.13. The Balaban J connectivity index is 2.16. The molecule has 0 saturated heterocycles. The highest BCUT2D eigenvalue weighted by Gasteiger charge is 2.14. The fourth-order valence-corrected chi connectivity index (χ4v) is 3.35. The van der Waals surface area contributed by atoms with Gasteiger partial charge < -0.3 is 14.8 Å². The molecule has 0 aliphatic carbocycles. The molecule has 0 aromatic heterocycles. The Morgan fingerprint density at radius 1 is 1.00 bits per heavy atom. The molecule has 5 heteroatoms. The predicted octanol–water partition coefficient (Wildman–Crippen LogP) is 4.29. The first-order valence-electron chi connectivity index (χ1n) is 8.89. The van der Waals surface area contributed by atoms with E-state index in [1.54, 1.807) is 6.92 Å². The Kier molecular flexibility index (Phi) is 6.61. The molecule has 0 aliphatic heterocycles. The van der Waals surface area contributed by atoms with Gasteiger partial charge in [0.15, 0.2) is 12.4 Å². The number of anilines is 1. The van der Waals surface area contributed by atoms with E-state index in [0.717, 1.165) is 39.1 Å². The molecule has 0 bridgehead atoms. The summed E-state index contributed by atoms with van der Waals surface area (Å²) in [5.41, 5.74) is 7.14. The molecular formula is C22H27NO4. The Labute approximate surface area is 160 Å². The molecule has 2 aromatic rings. The van der Waals surface area contributed by atoms with Crippen LogP contribution < -0.4 is 10.1 Å². The largest absolute Gasteiger partial charge is 0.482 e. The van der Waals surface area contributed by atoms with E-state index < -0.39 is 5.97 Å². The maximum absolute atomic E-state index is 12.0. The molecule has 1 N–H and O–H groups in total. The lowest BCUT2D eigenvalue weighted by Gasteiger charge is -2.18. The zero-order chi connectivity index (χ0) is 20.1. The number of methoxy groups -OCH3 is 1. The molecule has 144 valence electrons. The van der Waals surface area contributed by atoms with Crippen molar-refractivity contribution in [2.24, 2.45) is 0 Å². The summed E-state index contributed by atoms with van der Waals surface area (Å²) in [6, 6.07) is 7.68. The Morgan fingerprint density at radius 3 is 2.30 bits per heavy atom. The smallest absolute Gasteiger partial charge is 0.343 e. The summed E-state index contributed by atoms with van der Waals surface area (Å²) in [7, 11) is 1.33. The van der Waals surface area contributed by atoms with Gasteiger partial charge in [0.05, 0.1) is 7.11 Å². The predicted molar refractivity (Wildman–Crippen MR) is 107 cm³/mol. The lowest BCUT2D eigenvalue weighted by atomic mass is 9.91. The molecule has 0 radical (unpaired) electrons. The van der Waals surface area contributed by atoms with Gasteiger partial charge in [-0.15, -0.1) is 0 Å². The molecule has 5 nitrogen and oxygen atoms in total. The van der Waals surface area contributed by atoms with Crippen molar-refractivity contribution in [1.82, 2.24) is 0 Å². The SMILES string of the molecule is COC(=O)COc1ccc(NCc2c(C)cc(C)c(C(C)=O)c2C)c(C)c1. The van der Waals surface area contributed by atoms with Crippen molar-refractivity contribution in [3.8, 4) is 5.75 Å². The van der Waals surface area contributed by atoms with Gasteiger partial charge in [-0.2, -0.15) is 0 Å². The van der Waals surface area contributed by atoms with E-state index in [4.69, 9.17) is 4.74 Å². The lowest BCUT2D eigenvalue weighted by molar-refractivity contribution is -0.142. The molecule has 0 aliphatic rings. The molecule has 0 saturated carbocycles. The summed E-state index contributed by atoms with van der Waals surface area (Å²) in [5, 5.41) is 3.44. The van der Waals surface area contributed by atoms with Gasteiger partial charge in [0.25, 0.3) is 0 Å². The van der Waals surface area contributed by atoms with Crippen LogP contribution in [0.1, 0.15) is 45.1 Å². The highest BCUT2D eigenvalue weighted by Crippen LogP contribution is 2.26. The number of aryl methyl sites for hydroxylation is 3. The highest BCUT2D eigenvalue weighted by molar-refractivity contribution is 5.97. The maximum atomic E-state index is 12.0. The number of esters is 1. The summed E-state index contributed by atoms with van der Waals surface area (Å²) in [4.78, 5) is 23.2. The summed E-state index contributed by atoms with van der Waals surface area (Å²) in [6.45, 7) is 10.1. The molecule has 27 heavy (non-hydrogen) atoms. The van der Waals surface area contributed by atoms with Crippen molar-refractivity contribution >= 4 is 17.4 Å². The second kappa shape index (κ2) is 8.71. The highest BCUT2D eigenvalue weighted by atomic mass is 16.6. The number of benzene rings is 2. The van der Waals surface area contributed by atoms with Crippen molar-refractivity contribution in [2.45, 2.75) is 41.2 Å². The van der Waals surface area contributed by atoms with Crippen molar-refractivity contribution in [1.29, 1.82) is 0 Å². The summed E-state index contributed by atoms with van der Waals surface area (Å²) >= 11 is 0. The third-order valence-corrected chi connectivity index (χ3v) is 4.72. The number of Topliss-reactive ketones (excluding diaryl/α,β-unsaturated/α-hetero) is 1. The standard InChI is InChI=1S/C22H27NO4/c1-13-9-15(3)22(17(5)24)16(4)19(13)11-23-20-8-7-18(10-14(20)2)27-12-21(25)26-6/h7-10,23H,11-12H2,1-6H3. The molecule has 0 amide bonds. The van der Waals surface area contributed by atoms with Crippen LogP contribution in [0.25, 0.3) is 0 Å². The number of carbonyl (C=O) groups excluding carboxylic acids is 2. The number of ether oxygens (including phenoxy) is 2. The van der Waals surface area contributed by atoms with Gasteiger partial charge in [-0.1, -0.05) is 6.07 Å². The average Bonchev–Trinajstić information content (AvgIpc) is 2.60. The molecule has 2 aromatic carbocycles. The van der Waals surface area contributed by atoms with E-state index in [2.05, 4.69) is 23.0 Å². The van der Waals surface area contributed by atoms with E-state index in [9.17, 15) is 9.59 Å². The van der Waals surface area contributed by atoms with Crippen LogP contribution in [-0.2, 0) is 16.1 Å². The molecule has 0 atom stereocenters. The second-order valence-electron chi connectivity index (χ2n) is 6.74. The van der Waals surface area contributed by atoms with Crippen LogP contribution >= 0.6 is 0 Å². The third kappa shape index (κ3) is 4.88. The monoisotopic (exact) mass is 369 g/mol. The Bertz CT molecular complexity index is 871. The van der Waals surface area contributed by atoms with Gasteiger partial charge in [-0.05, 0) is 80.6 Å². The second-order valence-corrected chi connectivity index (χ2v) is 6.74. The van der Waals surface area contributed by atoms with E-state index in [-0.39, 0.29) is 12.4 Å². The van der Waals surface area contributed by atoms with E-state index >= 15 is 0 Å². The van der Waals surface area contributed by atoms with E-state index in [0.29, 0.717) is 12.3 Å². The van der Waals surface area contributed by atoms with Crippen LogP contribution in [0.4, 0.5) is 5.69 Å². The first kappa shape index (κ1) is 20.5. The normalized spacial score (nSPS) is 10.4. The van der Waals surface area contributed by atoms with Crippen molar-refractivity contribution in [3.05, 3.63) is 57.6 Å². The molecule has 0 heterocycles. The van der Waals surface area contributed by atoms with Gasteiger partial charge in [-0.3, -0.25) is 4.79 Å². The fourth-order valence-electron chi connectivity index (χ4n) is 3.35. The number of rotatable bonds is 7. The number of ketones is 1. The van der Waals surface area contributed by atoms with Crippen LogP contribution in [-0.4, -0.2) is 25.5 Å². The minimum atomic E-state index is -0.415. The van der Waals surface area contributed by atoms with Crippen LogP contribution in [0.3, 0.4) is 0 Å². The molecule has 0 unspecified atom stereocenters. The number of hydrogen-bond acceptors (Lipinski definition) is 5. The van der Waals surface area contributed by atoms with E-state index in [1.165, 1.54) is 7.11 Å². The zero-order valence-corrected chi connectivity index (χ0v) is 16.9. The van der Waals surface area contributed by atoms with Crippen molar-refractivity contribution < 1.29 is 19.1 Å². The summed E-state index contributed by atoms with van der Waals surface area (Å²) in [5.74, 6) is 0.293. The summed E-state index contributed by atoms with van der Waals surface area (Å²) in [6.07, 6.45) is 0. The third-order valence-electron chi connectivity index (χ3n) is 4.72. The number of carbonyl (C=O) groups is 2. The first-order chi connectivity index (χ1) is 12.7. The fraction of sp³-hybridized carbons (Fsp3) is 0.364. The van der Waals surface area contributed by atoms with Gasteiger partial charge in [0.1, 0.15) is 5.75 Å². The minimum Gasteiger partial charge on any atom is -0.482 e. The van der Waals surface area contributed by atoms with Crippen LogP contribution in [0, 0.1) is 27.7 Å². The topological polar surface area (TPSA) is 64.6 Å². The van der Waals surface area contributed by atoms with Gasteiger partial charge in [0, 0.05) is 17.8 Å². The van der Waals surface area contributed by atoms with Crippen LogP contribution in [0.5, 0.6) is 5.75 Å². The van der Waals surface area contributed by atoms with Crippen LogP contribution in [0.15, 0.2) is 24.3 Å². The summed E-state index contributed by atoms with van der Waals surface area (Å²) < 4.78 is 9.98. The van der Waals surface area contributed by atoms with E-state index in [1.807, 2.05) is 39.0 Å². The minimum absolute atomic E-state index is 0.0922. The van der Waals surface area contributed by atoms with Crippen LogP contribution in [0.2, 0.25) is 0 Å². The first-order valence-corrected chi connectivity index (χ1v) is 8.89.